The molecule has 1 atom stereocenters. The van der Waals surface area contributed by atoms with E-state index in [4.69, 9.17) is 4.74 Å². The first kappa shape index (κ1) is 10.5. The quantitative estimate of drug-likeness (QED) is 0.625. The van der Waals surface area contributed by atoms with Gasteiger partial charge in [0.25, 0.3) is 0 Å². The van der Waals surface area contributed by atoms with Gasteiger partial charge < -0.3 is 4.74 Å². The molecular weight excluding hydrogens is 184 g/mol. The lowest BCUT2D eigenvalue weighted by Gasteiger charge is -2.50. The minimum absolute atomic E-state index is 0.154. The van der Waals surface area contributed by atoms with E-state index < -0.39 is 0 Å². The van der Waals surface area contributed by atoms with Crippen molar-refractivity contribution >= 4 is 0 Å². The molecule has 0 spiro atoms. The summed E-state index contributed by atoms with van der Waals surface area (Å²) in [6, 6.07) is 8.39. The zero-order chi connectivity index (χ0) is 11.3. The van der Waals surface area contributed by atoms with E-state index >= 15 is 0 Å². The zero-order valence-corrected chi connectivity index (χ0v) is 10.3. The third-order valence-electron chi connectivity index (χ3n) is 4.49. The average Bonchev–Trinajstić information content (AvgIpc) is 2.16. The lowest BCUT2D eigenvalue weighted by Crippen LogP contribution is -2.50. The van der Waals surface area contributed by atoms with Crippen molar-refractivity contribution in [2.75, 3.05) is 0 Å². The molecule has 1 aliphatic heterocycles. The van der Waals surface area contributed by atoms with E-state index in [1.807, 2.05) is 6.07 Å². The predicted molar refractivity (Wildman–Crippen MR) is 63.3 cm³/mol. The number of rotatable bonds is 0. The largest absolute Gasteiger partial charge is 0.490 e. The number of fused-ring (bicyclic) bond motifs is 1. The fourth-order valence-corrected chi connectivity index (χ4v) is 2.28. The molecular formula is C14H20O. The summed E-state index contributed by atoms with van der Waals surface area (Å²) >= 11 is 0. The molecule has 82 valence electrons. The van der Waals surface area contributed by atoms with E-state index in [0.717, 1.165) is 5.75 Å². The Morgan fingerprint density at radius 2 is 1.67 bits per heavy atom. The Morgan fingerprint density at radius 1 is 1.07 bits per heavy atom. The molecule has 0 fully saturated rings. The molecule has 1 unspecified atom stereocenters. The second-order valence-electron chi connectivity index (χ2n) is 5.60. The molecule has 1 aliphatic rings. The molecule has 1 aromatic carbocycles. The zero-order valence-electron chi connectivity index (χ0n) is 10.3. The fourth-order valence-electron chi connectivity index (χ4n) is 2.28. The van der Waals surface area contributed by atoms with Gasteiger partial charge in [-0.15, -0.1) is 0 Å². The first-order valence-electron chi connectivity index (χ1n) is 5.63. The van der Waals surface area contributed by atoms with Crippen LogP contribution in [0.1, 0.15) is 40.2 Å². The summed E-state index contributed by atoms with van der Waals surface area (Å²) in [6.07, 6.45) is 0.252. The molecule has 0 aromatic heterocycles. The number of hydrogen-bond acceptors (Lipinski definition) is 1. The van der Waals surface area contributed by atoms with Gasteiger partial charge in [-0.3, -0.25) is 0 Å². The third-order valence-corrected chi connectivity index (χ3v) is 4.49. The van der Waals surface area contributed by atoms with Gasteiger partial charge in [0.2, 0.25) is 0 Å². The van der Waals surface area contributed by atoms with E-state index in [2.05, 4.69) is 52.8 Å². The number of benzene rings is 1. The van der Waals surface area contributed by atoms with Gasteiger partial charge in [-0.2, -0.15) is 0 Å². The highest BCUT2D eigenvalue weighted by atomic mass is 16.5. The summed E-state index contributed by atoms with van der Waals surface area (Å²) in [6.45, 7) is 11.4. The van der Waals surface area contributed by atoms with Crippen LogP contribution in [0.15, 0.2) is 24.3 Å². The predicted octanol–water partition coefficient (Wildman–Crippen LogP) is 3.77. The van der Waals surface area contributed by atoms with Crippen molar-refractivity contribution in [1.82, 2.24) is 0 Å². The Kier molecular flexibility index (Phi) is 2.11. The molecule has 0 aliphatic carbocycles. The average molecular weight is 204 g/mol. The topological polar surface area (TPSA) is 9.23 Å². The number of hydrogen-bond donors (Lipinski definition) is 0. The SMILES string of the molecule is CC1Oc2ccccc2C(C)(C)C1(C)C. The highest BCUT2D eigenvalue weighted by molar-refractivity contribution is 5.42. The Labute approximate surface area is 92.5 Å². The van der Waals surface area contributed by atoms with E-state index in [1.165, 1.54) is 5.56 Å². The summed E-state index contributed by atoms with van der Waals surface area (Å²) in [5, 5.41) is 0. The summed E-state index contributed by atoms with van der Waals surface area (Å²) < 4.78 is 5.98. The van der Waals surface area contributed by atoms with Crippen LogP contribution >= 0.6 is 0 Å². The van der Waals surface area contributed by atoms with Crippen molar-refractivity contribution in [1.29, 1.82) is 0 Å². The van der Waals surface area contributed by atoms with Crippen molar-refractivity contribution in [3.63, 3.8) is 0 Å². The maximum Gasteiger partial charge on any atom is 0.123 e. The second kappa shape index (κ2) is 3.01. The minimum Gasteiger partial charge on any atom is -0.490 e. The van der Waals surface area contributed by atoms with Gasteiger partial charge in [-0.05, 0) is 13.0 Å². The molecule has 1 heterocycles. The van der Waals surface area contributed by atoms with Gasteiger partial charge in [0.05, 0.1) is 0 Å². The van der Waals surface area contributed by atoms with Crippen LogP contribution in [0.5, 0.6) is 5.75 Å². The van der Waals surface area contributed by atoms with Crippen LogP contribution in [0.2, 0.25) is 0 Å². The van der Waals surface area contributed by atoms with Crippen LogP contribution in [0.25, 0.3) is 0 Å². The van der Waals surface area contributed by atoms with Crippen LogP contribution in [0.4, 0.5) is 0 Å². The first-order valence-corrected chi connectivity index (χ1v) is 5.63. The summed E-state index contributed by atoms with van der Waals surface area (Å²) in [5.41, 5.74) is 1.64. The van der Waals surface area contributed by atoms with E-state index in [9.17, 15) is 0 Å². The second-order valence-corrected chi connectivity index (χ2v) is 5.60. The van der Waals surface area contributed by atoms with Gasteiger partial charge >= 0.3 is 0 Å². The normalized spacial score (nSPS) is 26.6. The molecule has 0 saturated heterocycles. The van der Waals surface area contributed by atoms with Crippen LogP contribution in [-0.4, -0.2) is 6.10 Å². The van der Waals surface area contributed by atoms with Crippen molar-refractivity contribution < 1.29 is 4.74 Å². The minimum atomic E-state index is 0.154. The van der Waals surface area contributed by atoms with Crippen LogP contribution in [0.3, 0.4) is 0 Å². The van der Waals surface area contributed by atoms with Crippen molar-refractivity contribution in [2.45, 2.75) is 46.1 Å². The van der Waals surface area contributed by atoms with Crippen LogP contribution in [-0.2, 0) is 5.41 Å². The van der Waals surface area contributed by atoms with Gasteiger partial charge in [-0.1, -0.05) is 45.9 Å². The fraction of sp³-hybridized carbons (Fsp3) is 0.571. The molecule has 1 aromatic rings. The molecule has 1 heteroatoms. The third kappa shape index (κ3) is 1.29. The maximum absolute atomic E-state index is 5.98. The first-order chi connectivity index (χ1) is 6.87. The molecule has 2 rings (SSSR count). The Hall–Kier alpha value is -0.980. The summed E-state index contributed by atoms with van der Waals surface area (Å²) in [5.74, 6) is 1.05. The Balaban J connectivity index is 2.61. The molecule has 15 heavy (non-hydrogen) atoms. The number of ether oxygens (including phenoxy) is 1. The summed E-state index contributed by atoms with van der Waals surface area (Å²) in [7, 11) is 0. The smallest absolute Gasteiger partial charge is 0.123 e. The molecule has 1 nitrogen and oxygen atoms in total. The molecule has 0 N–H and O–H groups in total. The van der Waals surface area contributed by atoms with Crippen LogP contribution < -0.4 is 4.74 Å². The standard InChI is InChI=1S/C14H20O/c1-10-13(2,3)14(4,5)11-8-6-7-9-12(11)15-10/h6-10H,1-5H3. The summed E-state index contributed by atoms with van der Waals surface area (Å²) in [4.78, 5) is 0. The highest BCUT2D eigenvalue weighted by Crippen LogP contribution is 2.51. The van der Waals surface area contributed by atoms with Gasteiger partial charge in [0.15, 0.2) is 0 Å². The monoisotopic (exact) mass is 204 g/mol. The Morgan fingerprint density at radius 3 is 2.33 bits per heavy atom. The maximum atomic E-state index is 5.98. The van der Waals surface area contributed by atoms with Crippen molar-refractivity contribution in [3.05, 3.63) is 29.8 Å². The van der Waals surface area contributed by atoms with E-state index in [1.54, 1.807) is 0 Å². The van der Waals surface area contributed by atoms with E-state index in [-0.39, 0.29) is 16.9 Å². The Bertz CT molecular complexity index is 377. The lowest BCUT2D eigenvalue weighted by atomic mass is 9.60. The molecule has 0 amide bonds. The number of para-hydroxylation sites is 1. The molecule has 0 saturated carbocycles. The molecule has 0 radical (unpaired) electrons. The molecule has 0 bridgehead atoms. The van der Waals surface area contributed by atoms with Crippen molar-refractivity contribution in [2.24, 2.45) is 5.41 Å². The van der Waals surface area contributed by atoms with Gasteiger partial charge in [-0.25, -0.2) is 0 Å². The lowest BCUT2D eigenvalue weighted by molar-refractivity contribution is 0.00562. The van der Waals surface area contributed by atoms with Gasteiger partial charge in [0, 0.05) is 16.4 Å². The van der Waals surface area contributed by atoms with Crippen molar-refractivity contribution in [3.8, 4) is 5.75 Å². The van der Waals surface area contributed by atoms with E-state index in [0.29, 0.717) is 0 Å². The van der Waals surface area contributed by atoms with Crippen LogP contribution in [0, 0.1) is 5.41 Å². The highest BCUT2D eigenvalue weighted by Gasteiger charge is 2.48. The van der Waals surface area contributed by atoms with Gasteiger partial charge in [0.1, 0.15) is 11.9 Å².